The van der Waals surface area contributed by atoms with Crippen molar-refractivity contribution in [3.05, 3.63) is 115 Å². The summed E-state index contributed by atoms with van der Waals surface area (Å²) in [6.07, 6.45) is 0.0440. The summed E-state index contributed by atoms with van der Waals surface area (Å²) in [5, 5.41) is 8.92. The lowest BCUT2D eigenvalue weighted by molar-refractivity contribution is -0.136. The van der Waals surface area contributed by atoms with E-state index in [2.05, 4.69) is 53.4 Å². The lowest BCUT2D eigenvalue weighted by Crippen LogP contribution is -2.09. The summed E-state index contributed by atoms with van der Waals surface area (Å²) < 4.78 is 0. The maximum atomic E-state index is 10.9. The van der Waals surface area contributed by atoms with Crippen LogP contribution in [0.3, 0.4) is 0 Å². The van der Waals surface area contributed by atoms with Gasteiger partial charge in [0, 0.05) is 17.1 Å². The molecule has 0 bridgehead atoms. The number of hydrogen-bond donors (Lipinski definition) is 1. The number of anilines is 3. The van der Waals surface area contributed by atoms with E-state index in [4.69, 9.17) is 5.11 Å². The minimum Gasteiger partial charge on any atom is -0.481 e. The van der Waals surface area contributed by atoms with Crippen molar-refractivity contribution in [1.29, 1.82) is 0 Å². The van der Waals surface area contributed by atoms with Crippen molar-refractivity contribution in [1.82, 2.24) is 0 Å². The lowest BCUT2D eigenvalue weighted by atomic mass is 10.0. The van der Waals surface area contributed by atoms with Crippen LogP contribution in [-0.4, -0.2) is 11.1 Å². The van der Waals surface area contributed by atoms with Crippen molar-refractivity contribution in [3.8, 4) is 11.1 Å². The third kappa shape index (κ3) is 4.36. The molecule has 0 aliphatic rings. The van der Waals surface area contributed by atoms with Crippen molar-refractivity contribution in [2.24, 2.45) is 0 Å². The molecule has 4 aromatic rings. The van der Waals surface area contributed by atoms with Crippen LogP contribution < -0.4 is 4.90 Å². The van der Waals surface area contributed by atoms with E-state index in [1.54, 1.807) is 0 Å². The zero-order valence-electron chi connectivity index (χ0n) is 15.9. The van der Waals surface area contributed by atoms with Crippen molar-refractivity contribution in [3.63, 3.8) is 0 Å². The van der Waals surface area contributed by atoms with Gasteiger partial charge in [-0.05, 0) is 53.1 Å². The van der Waals surface area contributed by atoms with Gasteiger partial charge in [-0.1, -0.05) is 72.8 Å². The van der Waals surface area contributed by atoms with Crippen molar-refractivity contribution in [2.45, 2.75) is 6.42 Å². The summed E-state index contributed by atoms with van der Waals surface area (Å²) in [5.41, 5.74) is 6.24. The molecule has 0 fully saturated rings. The Balaban J connectivity index is 1.65. The maximum Gasteiger partial charge on any atom is 0.307 e. The van der Waals surface area contributed by atoms with Gasteiger partial charge in [-0.15, -0.1) is 0 Å². The Morgan fingerprint density at radius 1 is 0.586 bits per heavy atom. The number of nitrogens with zero attached hydrogens (tertiary/aromatic N) is 1. The second-order valence-electron chi connectivity index (χ2n) is 6.82. The van der Waals surface area contributed by atoms with Crippen LogP contribution in [0.2, 0.25) is 0 Å². The predicted molar refractivity (Wildman–Crippen MR) is 118 cm³/mol. The summed E-state index contributed by atoms with van der Waals surface area (Å²) in [5.74, 6) is -0.816. The van der Waals surface area contributed by atoms with Gasteiger partial charge in [0.1, 0.15) is 0 Å². The first-order chi connectivity index (χ1) is 14.2. The molecule has 3 heteroatoms. The maximum absolute atomic E-state index is 10.9. The van der Waals surface area contributed by atoms with E-state index in [0.717, 1.165) is 33.8 Å². The fraction of sp³-hybridized carbons (Fsp3) is 0.0385. The van der Waals surface area contributed by atoms with Gasteiger partial charge in [-0.2, -0.15) is 0 Å². The van der Waals surface area contributed by atoms with Crippen molar-refractivity contribution >= 4 is 23.0 Å². The van der Waals surface area contributed by atoms with Crippen molar-refractivity contribution < 1.29 is 9.90 Å². The van der Waals surface area contributed by atoms with Gasteiger partial charge in [0.15, 0.2) is 0 Å². The number of rotatable bonds is 6. The predicted octanol–water partition coefficient (Wildman–Crippen LogP) is 6.45. The molecule has 3 nitrogen and oxygen atoms in total. The summed E-state index contributed by atoms with van der Waals surface area (Å²) >= 11 is 0. The quantitative estimate of drug-likeness (QED) is 0.418. The molecule has 0 amide bonds. The average molecular weight is 379 g/mol. The van der Waals surface area contributed by atoms with Crippen LogP contribution in [0, 0.1) is 0 Å². The number of carboxylic acids is 1. The van der Waals surface area contributed by atoms with E-state index in [0.29, 0.717) is 0 Å². The Labute approximate surface area is 170 Å². The number of hydrogen-bond acceptors (Lipinski definition) is 2. The van der Waals surface area contributed by atoms with E-state index < -0.39 is 5.97 Å². The monoisotopic (exact) mass is 379 g/mol. The van der Waals surface area contributed by atoms with Gasteiger partial charge >= 0.3 is 5.97 Å². The average Bonchev–Trinajstić information content (AvgIpc) is 2.76. The SMILES string of the molecule is O=C(O)Cc1ccc(-c2ccc(N(c3ccccc3)c3ccccc3)cc2)cc1. The molecule has 0 aliphatic carbocycles. The Bertz CT molecular complexity index is 1030. The molecule has 4 aromatic carbocycles. The van der Waals surface area contributed by atoms with E-state index in [-0.39, 0.29) is 6.42 Å². The highest BCUT2D eigenvalue weighted by Gasteiger charge is 2.11. The van der Waals surface area contributed by atoms with E-state index in [1.165, 1.54) is 0 Å². The summed E-state index contributed by atoms with van der Waals surface area (Å²) in [6.45, 7) is 0. The molecule has 1 N–H and O–H groups in total. The number of benzene rings is 4. The van der Waals surface area contributed by atoms with E-state index >= 15 is 0 Å². The standard InChI is InChI=1S/C26H21NO2/c28-26(29)19-20-11-13-21(14-12-20)22-15-17-25(18-16-22)27(23-7-3-1-4-8-23)24-9-5-2-6-10-24/h1-18H,19H2,(H,28,29). The van der Waals surface area contributed by atoms with Gasteiger partial charge in [0.2, 0.25) is 0 Å². The van der Waals surface area contributed by atoms with Gasteiger partial charge in [0.25, 0.3) is 0 Å². The third-order valence-corrected chi connectivity index (χ3v) is 4.80. The third-order valence-electron chi connectivity index (χ3n) is 4.80. The van der Waals surface area contributed by atoms with Gasteiger partial charge < -0.3 is 10.0 Å². The van der Waals surface area contributed by atoms with Crippen LogP contribution in [0.15, 0.2) is 109 Å². The lowest BCUT2D eigenvalue weighted by Gasteiger charge is -2.25. The zero-order valence-corrected chi connectivity index (χ0v) is 15.9. The molecule has 4 rings (SSSR count). The highest BCUT2D eigenvalue weighted by molar-refractivity contribution is 5.78. The number of aliphatic carboxylic acids is 1. The molecular weight excluding hydrogens is 358 g/mol. The first-order valence-corrected chi connectivity index (χ1v) is 9.52. The molecule has 0 unspecified atom stereocenters. The first-order valence-electron chi connectivity index (χ1n) is 9.52. The van der Waals surface area contributed by atoms with E-state index in [9.17, 15) is 4.79 Å². The summed E-state index contributed by atoms with van der Waals surface area (Å²) in [6, 6.07) is 36.7. The van der Waals surface area contributed by atoms with Crippen LogP contribution in [0.5, 0.6) is 0 Å². The topological polar surface area (TPSA) is 40.5 Å². The fourth-order valence-electron chi connectivity index (χ4n) is 3.39. The Kier molecular flexibility index (Phi) is 5.39. The smallest absolute Gasteiger partial charge is 0.307 e. The Morgan fingerprint density at radius 3 is 1.45 bits per heavy atom. The molecule has 0 radical (unpaired) electrons. The molecule has 0 aromatic heterocycles. The second-order valence-corrected chi connectivity index (χ2v) is 6.82. The first kappa shape index (κ1) is 18.5. The van der Waals surface area contributed by atoms with Crippen molar-refractivity contribution in [2.75, 3.05) is 4.90 Å². The number of carboxylic acid groups (broad SMARTS) is 1. The van der Waals surface area contributed by atoms with Gasteiger partial charge in [-0.3, -0.25) is 4.79 Å². The fourth-order valence-corrected chi connectivity index (χ4v) is 3.39. The molecule has 0 saturated heterocycles. The number of para-hydroxylation sites is 2. The minimum atomic E-state index is -0.816. The minimum absolute atomic E-state index is 0.0440. The molecule has 0 heterocycles. The van der Waals surface area contributed by atoms with Crippen LogP contribution in [0.4, 0.5) is 17.1 Å². The molecule has 142 valence electrons. The van der Waals surface area contributed by atoms with Crippen LogP contribution in [0.25, 0.3) is 11.1 Å². The Morgan fingerprint density at radius 2 is 1.00 bits per heavy atom. The largest absolute Gasteiger partial charge is 0.481 e. The van der Waals surface area contributed by atoms with Gasteiger partial charge in [0.05, 0.1) is 6.42 Å². The van der Waals surface area contributed by atoms with Crippen LogP contribution in [-0.2, 0) is 11.2 Å². The van der Waals surface area contributed by atoms with E-state index in [1.807, 2.05) is 60.7 Å². The zero-order chi connectivity index (χ0) is 20.1. The van der Waals surface area contributed by atoms with Crippen LogP contribution in [0.1, 0.15) is 5.56 Å². The molecular formula is C26H21NO2. The van der Waals surface area contributed by atoms with Gasteiger partial charge in [-0.25, -0.2) is 0 Å². The summed E-state index contributed by atoms with van der Waals surface area (Å²) in [7, 11) is 0. The molecule has 0 atom stereocenters. The molecule has 29 heavy (non-hydrogen) atoms. The number of carbonyl (C=O) groups is 1. The molecule has 0 saturated carbocycles. The normalized spacial score (nSPS) is 10.5. The Hall–Kier alpha value is -3.85. The highest BCUT2D eigenvalue weighted by Crippen LogP contribution is 2.35. The van der Waals surface area contributed by atoms with Crippen LogP contribution >= 0.6 is 0 Å². The summed E-state index contributed by atoms with van der Waals surface area (Å²) in [4.78, 5) is 13.1. The molecule has 0 spiro atoms. The second kappa shape index (κ2) is 8.44. The molecule has 0 aliphatic heterocycles. The highest BCUT2D eigenvalue weighted by atomic mass is 16.4.